The lowest BCUT2D eigenvalue weighted by molar-refractivity contribution is 0.220. The Morgan fingerprint density at radius 2 is 2.03 bits per heavy atom. The van der Waals surface area contributed by atoms with E-state index in [1.807, 2.05) is 18.5 Å². The zero-order valence-electron chi connectivity index (χ0n) is 19.9. The fraction of sp³-hybridized carbons (Fsp3) is 0.375. The van der Waals surface area contributed by atoms with Crippen molar-refractivity contribution in [2.75, 3.05) is 25.0 Å². The summed E-state index contributed by atoms with van der Waals surface area (Å²) in [7, 11) is 0. The normalized spacial score (nSPS) is 14.9. The molecule has 1 saturated heterocycles. The molecule has 1 aliphatic heterocycles. The molecule has 5 aromatic heterocycles. The van der Waals surface area contributed by atoms with E-state index in [0.29, 0.717) is 6.04 Å². The Hall–Kier alpha value is -3.19. The molecular weight excluding hydrogens is 496 g/mol. The number of anilines is 1. The highest BCUT2D eigenvalue weighted by Gasteiger charge is 2.22. The first-order valence-electron chi connectivity index (χ1n) is 11.8. The molecule has 0 aromatic carbocycles. The van der Waals surface area contributed by atoms with Crippen LogP contribution in [0.5, 0.6) is 0 Å². The molecule has 10 nitrogen and oxygen atoms in total. The van der Waals surface area contributed by atoms with Crippen LogP contribution in [0, 0.1) is 6.92 Å². The average molecular weight is 525 g/mol. The predicted molar refractivity (Wildman–Crippen MR) is 143 cm³/mol. The van der Waals surface area contributed by atoms with Crippen LogP contribution in [0.15, 0.2) is 46.4 Å². The lowest BCUT2D eigenvalue weighted by Gasteiger charge is -2.32. The van der Waals surface area contributed by atoms with Gasteiger partial charge in [-0.05, 0) is 37.6 Å². The van der Waals surface area contributed by atoms with Gasteiger partial charge in [0.15, 0.2) is 10.6 Å². The number of likely N-dealkylation sites (tertiary alicyclic amines) is 1. The van der Waals surface area contributed by atoms with Crippen LogP contribution in [0.4, 0.5) is 5.95 Å². The van der Waals surface area contributed by atoms with E-state index in [9.17, 15) is 4.79 Å². The summed E-state index contributed by atoms with van der Waals surface area (Å²) in [6.45, 7) is 5.52. The predicted octanol–water partition coefficient (Wildman–Crippen LogP) is 2.61. The fourth-order valence-corrected chi connectivity index (χ4v) is 6.20. The van der Waals surface area contributed by atoms with Crippen molar-refractivity contribution in [2.24, 2.45) is 0 Å². The molecule has 0 amide bonds. The Bertz CT molecular complexity index is 1520. The summed E-state index contributed by atoms with van der Waals surface area (Å²) in [5.41, 5.74) is 3.40. The van der Waals surface area contributed by atoms with Crippen molar-refractivity contribution in [2.45, 2.75) is 38.8 Å². The van der Waals surface area contributed by atoms with E-state index in [1.165, 1.54) is 16.2 Å². The summed E-state index contributed by atoms with van der Waals surface area (Å²) in [4.78, 5) is 35.3. The minimum atomic E-state index is 0. The molecule has 0 atom stereocenters. The topological polar surface area (TPSA) is 125 Å². The second-order valence-corrected chi connectivity index (χ2v) is 10.8. The van der Waals surface area contributed by atoms with E-state index >= 15 is 0 Å². The zero-order valence-corrected chi connectivity index (χ0v) is 21.6. The van der Waals surface area contributed by atoms with Crippen molar-refractivity contribution in [3.63, 3.8) is 0 Å². The smallest absolute Gasteiger partial charge is 0.261 e. The second-order valence-electron chi connectivity index (χ2n) is 8.88. The van der Waals surface area contributed by atoms with Crippen molar-refractivity contribution >= 4 is 44.7 Å². The molecule has 1 aliphatic rings. The Morgan fingerprint density at radius 1 is 1.17 bits per heavy atom. The maximum absolute atomic E-state index is 12.8. The first kappa shape index (κ1) is 24.5. The Morgan fingerprint density at radius 3 is 2.83 bits per heavy atom. The number of nitrogens with one attached hydrogen (secondary N) is 1. The van der Waals surface area contributed by atoms with E-state index in [1.54, 1.807) is 28.3 Å². The molecule has 0 aliphatic carbocycles. The zero-order chi connectivity index (χ0) is 23.8. The number of rotatable bonds is 7. The van der Waals surface area contributed by atoms with Crippen molar-refractivity contribution in [3.8, 4) is 0 Å². The van der Waals surface area contributed by atoms with Crippen LogP contribution in [0.3, 0.4) is 0 Å². The van der Waals surface area contributed by atoms with Crippen LogP contribution in [0.2, 0.25) is 0 Å². The Kier molecular flexibility index (Phi) is 7.10. The Balaban J connectivity index is 0.00000267. The van der Waals surface area contributed by atoms with Gasteiger partial charge in [0.1, 0.15) is 11.8 Å². The van der Waals surface area contributed by atoms with Crippen LogP contribution < -0.4 is 10.9 Å². The van der Waals surface area contributed by atoms with Crippen molar-refractivity contribution in [1.82, 2.24) is 33.8 Å². The van der Waals surface area contributed by atoms with E-state index in [-0.39, 0.29) is 11.0 Å². The molecule has 0 bridgehead atoms. The third-order valence-corrected chi connectivity index (χ3v) is 8.29. The molecule has 36 heavy (non-hydrogen) atoms. The molecule has 5 aromatic rings. The van der Waals surface area contributed by atoms with Gasteiger partial charge < -0.3 is 15.7 Å². The van der Waals surface area contributed by atoms with Gasteiger partial charge in [0.25, 0.3) is 5.56 Å². The summed E-state index contributed by atoms with van der Waals surface area (Å²) in [5.74, 6) is 0.853. The maximum atomic E-state index is 12.8. The molecular formula is C24H28N8O2S2. The summed E-state index contributed by atoms with van der Waals surface area (Å²) < 4.78 is 3.81. The third kappa shape index (κ3) is 4.76. The second kappa shape index (κ2) is 10.4. The molecule has 0 radical (unpaired) electrons. The van der Waals surface area contributed by atoms with E-state index in [4.69, 9.17) is 4.98 Å². The lowest BCUT2D eigenvalue weighted by Crippen LogP contribution is -2.40. The number of aryl methyl sites for hydroxylation is 1. The number of aromatic nitrogens is 6. The van der Waals surface area contributed by atoms with Gasteiger partial charge in [-0.2, -0.15) is 0 Å². The highest BCUT2D eigenvalue weighted by atomic mass is 32.1. The molecule has 0 saturated carbocycles. The first-order chi connectivity index (χ1) is 17.2. The van der Waals surface area contributed by atoms with Crippen LogP contribution in [0.1, 0.15) is 29.0 Å². The van der Waals surface area contributed by atoms with Gasteiger partial charge in [0.05, 0.1) is 12.7 Å². The van der Waals surface area contributed by atoms with E-state index < -0.39 is 0 Å². The van der Waals surface area contributed by atoms with Gasteiger partial charge in [0, 0.05) is 53.4 Å². The van der Waals surface area contributed by atoms with Crippen molar-refractivity contribution in [1.29, 1.82) is 0 Å². The molecule has 0 unspecified atom stereocenters. The van der Waals surface area contributed by atoms with Gasteiger partial charge in [-0.15, -0.1) is 22.7 Å². The van der Waals surface area contributed by atoms with E-state index in [2.05, 4.69) is 47.2 Å². The maximum Gasteiger partial charge on any atom is 0.261 e. The van der Waals surface area contributed by atoms with Crippen LogP contribution in [0.25, 0.3) is 16.1 Å². The largest absolute Gasteiger partial charge is 0.412 e. The van der Waals surface area contributed by atoms with Gasteiger partial charge >= 0.3 is 0 Å². The number of imidazole rings is 1. The monoisotopic (exact) mass is 524 g/mol. The molecule has 6 heterocycles. The number of piperidine rings is 1. The molecule has 0 spiro atoms. The highest BCUT2D eigenvalue weighted by Crippen LogP contribution is 2.23. The van der Waals surface area contributed by atoms with Gasteiger partial charge in [0.2, 0.25) is 5.95 Å². The number of thiazole rings is 1. The van der Waals surface area contributed by atoms with Crippen LogP contribution in [-0.2, 0) is 13.0 Å². The molecule has 12 heteroatoms. The molecule has 3 N–H and O–H groups in total. The standard InChI is InChI=1S/C24H26N8OS2.H2O/c1-16-19(22(33)31-10-12-35-24(31)27-16)6-9-30-7-4-17(5-8-30)28-23-29-20-13-25-15-26-21(20)32(23)14-18-3-2-11-34-18;/h2-3,10-13,15,17H,4-9,14H2,1H3,(H,28,29);1H2. The van der Waals surface area contributed by atoms with Gasteiger partial charge in [-0.1, -0.05) is 6.07 Å². The summed E-state index contributed by atoms with van der Waals surface area (Å²) >= 11 is 3.23. The minimum Gasteiger partial charge on any atom is -0.412 e. The van der Waals surface area contributed by atoms with Crippen molar-refractivity contribution in [3.05, 3.63) is 68.1 Å². The minimum absolute atomic E-state index is 0. The van der Waals surface area contributed by atoms with Gasteiger partial charge in [-0.3, -0.25) is 13.8 Å². The SMILES string of the molecule is Cc1nc2sccn2c(=O)c1CCN1CCC(Nc2nc3cncnc3n2Cc2cccs2)CC1.O. The summed E-state index contributed by atoms with van der Waals surface area (Å²) in [5, 5.41) is 7.68. The molecule has 6 rings (SSSR count). The number of hydrogen-bond donors (Lipinski definition) is 1. The number of hydrogen-bond acceptors (Lipinski definition) is 9. The highest BCUT2D eigenvalue weighted by molar-refractivity contribution is 7.15. The summed E-state index contributed by atoms with van der Waals surface area (Å²) in [6.07, 6.45) is 7.93. The fourth-order valence-electron chi connectivity index (χ4n) is 4.76. The van der Waals surface area contributed by atoms with Crippen molar-refractivity contribution < 1.29 is 5.48 Å². The number of fused-ring (bicyclic) bond motifs is 2. The van der Waals surface area contributed by atoms with E-state index in [0.717, 1.165) is 78.8 Å². The lowest BCUT2D eigenvalue weighted by atomic mass is 10.0. The average Bonchev–Trinajstić information content (AvgIpc) is 3.62. The Labute approximate surface area is 215 Å². The molecule has 1 fully saturated rings. The molecule has 188 valence electrons. The van der Waals surface area contributed by atoms with Crippen LogP contribution >= 0.6 is 22.7 Å². The van der Waals surface area contributed by atoms with Gasteiger partial charge in [-0.25, -0.2) is 19.9 Å². The number of thiophene rings is 1. The van der Waals surface area contributed by atoms with Crippen LogP contribution in [-0.4, -0.2) is 65.0 Å². The quantitative estimate of drug-likeness (QED) is 0.347. The number of nitrogens with zero attached hydrogens (tertiary/aromatic N) is 7. The third-order valence-electron chi connectivity index (χ3n) is 6.67. The summed E-state index contributed by atoms with van der Waals surface area (Å²) in [6, 6.07) is 4.55. The first-order valence-corrected chi connectivity index (χ1v) is 13.5.